The van der Waals surface area contributed by atoms with E-state index >= 15 is 0 Å². The summed E-state index contributed by atoms with van der Waals surface area (Å²) in [6, 6.07) is 0. The molecule has 0 aliphatic carbocycles. The third-order valence-corrected chi connectivity index (χ3v) is 2.38. The molecule has 0 bridgehead atoms. The molecule has 0 saturated heterocycles. The van der Waals surface area contributed by atoms with E-state index in [1.54, 1.807) is 6.26 Å². The Morgan fingerprint density at radius 1 is 0.714 bits per heavy atom. The van der Waals surface area contributed by atoms with Crippen LogP contribution >= 0.6 is 11.6 Å². The number of alkyl halides is 1. The molecule has 0 aromatic heterocycles. The minimum absolute atomic E-state index is 0.0395. The van der Waals surface area contributed by atoms with Crippen LogP contribution in [0.4, 0.5) is 0 Å². The molecule has 0 radical (unpaired) electrons. The first-order valence-electron chi connectivity index (χ1n) is 7.16. The maximum Gasteiger partial charge on any atom is 0.111 e. The predicted molar refractivity (Wildman–Crippen MR) is 80.8 cm³/mol. The SMILES string of the molecule is OCCOCCOCCOCCOCCOC=CCCCl. The topological polar surface area (TPSA) is 66.4 Å². The standard InChI is InChI=1S/C14H27ClO6/c15-3-1-2-5-17-7-9-19-11-13-21-14-12-20-10-8-18-6-4-16/h2,5,16H,1,3-4,6-14H2. The number of hydrogen-bond acceptors (Lipinski definition) is 6. The summed E-state index contributed by atoms with van der Waals surface area (Å²) in [6.45, 7) is 4.57. The lowest BCUT2D eigenvalue weighted by Gasteiger charge is -2.07. The zero-order chi connectivity index (χ0) is 15.4. The van der Waals surface area contributed by atoms with Crippen molar-refractivity contribution in [3.05, 3.63) is 12.3 Å². The molecule has 0 spiro atoms. The summed E-state index contributed by atoms with van der Waals surface area (Å²) >= 11 is 5.50. The van der Waals surface area contributed by atoms with Gasteiger partial charge in [0.2, 0.25) is 0 Å². The molecule has 0 amide bonds. The molecule has 7 heteroatoms. The summed E-state index contributed by atoms with van der Waals surface area (Å²) in [7, 11) is 0. The van der Waals surface area contributed by atoms with Gasteiger partial charge < -0.3 is 28.8 Å². The molecule has 6 nitrogen and oxygen atoms in total. The van der Waals surface area contributed by atoms with Gasteiger partial charge in [-0.1, -0.05) is 0 Å². The Balaban J connectivity index is 2.96. The number of ether oxygens (including phenoxy) is 5. The van der Waals surface area contributed by atoms with Gasteiger partial charge in [-0.2, -0.15) is 0 Å². The Bertz CT molecular complexity index is 216. The van der Waals surface area contributed by atoms with Gasteiger partial charge in [0.25, 0.3) is 0 Å². The smallest absolute Gasteiger partial charge is 0.111 e. The van der Waals surface area contributed by atoms with E-state index in [1.807, 2.05) is 6.08 Å². The Morgan fingerprint density at radius 2 is 1.19 bits per heavy atom. The average molecular weight is 327 g/mol. The third kappa shape index (κ3) is 19.6. The largest absolute Gasteiger partial charge is 0.499 e. The van der Waals surface area contributed by atoms with Crippen molar-refractivity contribution in [1.29, 1.82) is 0 Å². The highest BCUT2D eigenvalue weighted by Gasteiger charge is 1.92. The van der Waals surface area contributed by atoms with Crippen LogP contribution in [0, 0.1) is 0 Å². The summed E-state index contributed by atoms with van der Waals surface area (Å²) in [5.74, 6) is 0.604. The van der Waals surface area contributed by atoms with E-state index in [-0.39, 0.29) is 6.61 Å². The van der Waals surface area contributed by atoms with Gasteiger partial charge >= 0.3 is 0 Å². The van der Waals surface area contributed by atoms with E-state index in [9.17, 15) is 0 Å². The third-order valence-electron chi connectivity index (χ3n) is 2.17. The number of halogens is 1. The predicted octanol–water partition coefficient (Wildman–Crippen LogP) is 1.20. The van der Waals surface area contributed by atoms with Crippen LogP contribution in [0.1, 0.15) is 6.42 Å². The first-order chi connectivity index (χ1) is 10.4. The van der Waals surface area contributed by atoms with Crippen LogP contribution in [0.3, 0.4) is 0 Å². The van der Waals surface area contributed by atoms with Crippen molar-refractivity contribution < 1.29 is 28.8 Å². The van der Waals surface area contributed by atoms with Gasteiger partial charge in [-0.05, 0) is 12.5 Å². The lowest BCUT2D eigenvalue weighted by Crippen LogP contribution is -2.13. The van der Waals surface area contributed by atoms with Gasteiger partial charge in [-0.25, -0.2) is 0 Å². The zero-order valence-corrected chi connectivity index (χ0v) is 13.3. The highest BCUT2D eigenvalue weighted by molar-refractivity contribution is 6.17. The van der Waals surface area contributed by atoms with Gasteiger partial charge in [0, 0.05) is 5.88 Å². The molecular weight excluding hydrogens is 300 g/mol. The molecular formula is C14H27ClO6. The molecule has 0 saturated carbocycles. The highest BCUT2D eigenvalue weighted by Crippen LogP contribution is 1.88. The van der Waals surface area contributed by atoms with Crippen LogP contribution < -0.4 is 0 Å². The van der Waals surface area contributed by atoms with Crippen LogP contribution in [0.5, 0.6) is 0 Å². The Kier molecular flexibility index (Phi) is 19.3. The second-order valence-corrected chi connectivity index (χ2v) is 4.27. The van der Waals surface area contributed by atoms with Crippen molar-refractivity contribution in [1.82, 2.24) is 0 Å². The molecule has 0 aromatic rings. The lowest BCUT2D eigenvalue weighted by atomic mass is 10.5. The number of rotatable bonds is 17. The monoisotopic (exact) mass is 326 g/mol. The fourth-order valence-electron chi connectivity index (χ4n) is 1.20. The molecule has 0 unspecified atom stereocenters. The number of hydrogen-bond donors (Lipinski definition) is 1. The fourth-order valence-corrected chi connectivity index (χ4v) is 1.33. The van der Waals surface area contributed by atoms with Crippen LogP contribution in [0.2, 0.25) is 0 Å². The molecule has 1 N–H and O–H groups in total. The summed E-state index contributed by atoms with van der Waals surface area (Å²) in [6.07, 6.45) is 4.33. The molecule has 126 valence electrons. The quantitative estimate of drug-likeness (QED) is 0.246. The van der Waals surface area contributed by atoms with E-state index < -0.39 is 0 Å². The number of aliphatic hydroxyl groups excluding tert-OH is 1. The molecule has 0 fully saturated rings. The zero-order valence-electron chi connectivity index (χ0n) is 12.5. The van der Waals surface area contributed by atoms with Gasteiger partial charge in [0.05, 0.1) is 65.7 Å². The number of aliphatic hydroxyl groups is 1. The Labute approximate surface area is 131 Å². The second-order valence-electron chi connectivity index (χ2n) is 3.89. The van der Waals surface area contributed by atoms with Crippen molar-refractivity contribution >= 4 is 11.6 Å². The minimum atomic E-state index is 0.0395. The van der Waals surface area contributed by atoms with Crippen molar-refractivity contribution in [3.8, 4) is 0 Å². The second kappa shape index (κ2) is 19.6. The van der Waals surface area contributed by atoms with E-state index in [0.29, 0.717) is 65.3 Å². The van der Waals surface area contributed by atoms with Gasteiger partial charge in [0.15, 0.2) is 0 Å². The maximum absolute atomic E-state index is 8.48. The number of allylic oxidation sites excluding steroid dienone is 1. The van der Waals surface area contributed by atoms with Crippen molar-refractivity contribution in [2.24, 2.45) is 0 Å². The molecule has 0 atom stereocenters. The minimum Gasteiger partial charge on any atom is -0.499 e. The van der Waals surface area contributed by atoms with E-state index in [4.69, 9.17) is 40.4 Å². The summed E-state index contributed by atoms with van der Waals surface area (Å²) in [4.78, 5) is 0. The molecule has 0 heterocycles. The Hall–Kier alpha value is -0.370. The van der Waals surface area contributed by atoms with Crippen molar-refractivity contribution in [3.63, 3.8) is 0 Å². The molecule has 0 aromatic carbocycles. The molecule has 0 aliphatic rings. The first-order valence-corrected chi connectivity index (χ1v) is 7.69. The maximum atomic E-state index is 8.48. The summed E-state index contributed by atoms with van der Waals surface area (Å²) in [5.41, 5.74) is 0. The van der Waals surface area contributed by atoms with E-state index in [2.05, 4.69) is 0 Å². The van der Waals surface area contributed by atoms with Crippen LogP contribution in [0.15, 0.2) is 12.3 Å². The first kappa shape index (κ1) is 20.6. The van der Waals surface area contributed by atoms with Crippen LogP contribution in [-0.4, -0.2) is 77.1 Å². The molecule has 0 rings (SSSR count). The van der Waals surface area contributed by atoms with Crippen LogP contribution in [0.25, 0.3) is 0 Å². The average Bonchev–Trinajstić information content (AvgIpc) is 2.50. The highest BCUT2D eigenvalue weighted by atomic mass is 35.5. The van der Waals surface area contributed by atoms with Gasteiger partial charge in [-0.15, -0.1) is 11.6 Å². The Morgan fingerprint density at radius 3 is 1.67 bits per heavy atom. The fraction of sp³-hybridized carbons (Fsp3) is 0.857. The summed E-state index contributed by atoms with van der Waals surface area (Å²) in [5, 5.41) is 8.48. The van der Waals surface area contributed by atoms with E-state index in [1.165, 1.54) is 0 Å². The van der Waals surface area contributed by atoms with Crippen molar-refractivity contribution in [2.75, 3.05) is 71.9 Å². The van der Waals surface area contributed by atoms with Crippen molar-refractivity contribution in [2.45, 2.75) is 6.42 Å². The summed E-state index contributed by atoms with van der Waals surface area (Å²) < 4.78 is 26.1. The van der Waals surface area contributed by atoms with Crippen LogP contribution in [-0.2, 0) is 23.7 Å². The van der Waals surface area contributed by atoms with Gasteiger partial charge in [-0.3, -0.25) is 0 Å². The normalized spacial score (nSPS) is 11.3. The van der Waals surface area contributed by atoms with E-state index in [0.717, 1.165) is 6.42 Å². The molecule has 0 aliphatic heterocycles. The molecule has 21 heavy (non-hydrogen) atoms. The lowest BCUT2D eigenvalue weighted by molar-refractivity contribution is -0.00911. The van der Waals surface area contributed by atoms with Gasteiger partial charge in [0.1, 0.15) is 6.61 Å².